The van der Waals surface area contributed by atoms with Crippen LogP contribution in [0.2, 0.25) is 0 Å². The average Bonchev–Trinajstić information content (AvgIpc) is 2.61. The van der Waals surface area contributed by atoms with E-state index in [2.05, 4.69) is 5.10 Å². The second kappa shape index (κ2) is 8.43. The lowest BCUT2D eigenvalue weighted by Gasteiger charge is -2.22. The molecule has 0 aromatic heterocycles. The molecule has 5 heteroatoms. The van der Waals surface area contributed by atoms with Crippen molar-refractivity contribution in [3.8, 4) is 0 Å². The molecule has 0 bridgehead atoms. The molecular weight excluding hydrogens is 328 g/mol. The van der Waals surface area contributed by atoms with E-state index in [1.165, 1.54) is 7.05 Å². The maximum absolute atomic E-state index is 12.6. The Hall–Kier alpha value is -2.95. The summed E-state index contributed by atoms with van der Waals surface area (Å²) in [5.74, 6) is -0.0641. The topological polar surface area (TPSA) is 59.0 Å². The third kappa shape index (κ3) is 5.84. The molecule has 0 heterocycles. The molecule has 0 fully saturated rings. The zero-order valence-electron chi connectivity index (χ0n) is 15.6. The number of carbonyl (C=O) groups excluding carboxylic acids is 2. The molecule has 0 aliphatic carbocycles. The summed E-state index contributed by atoms with van der Waals surface area (Å²) in [5.41, 5.74) is 1.28. The Bertz CT molecular complexity index is 778. The fraction of sp³-hybridized carbons (Fsp3) is 0.286. The second-order valence-corrected chi connectivity index (χ2v) is 6.88. The van der Waals surface area contributed by atoms with Gasteiger partial charge in [0.15, 0.2) is 5.78 Å². The van der Waals surface area contributed by atoms with Crippen molar-refractivity contribution in [1.82, 2.24) is 5.01 Å². The van der Waals surface area contributed by atoms with Gasteiger partial charge in [0.05, 0.1) is 12.1 Å². The molecule has 0 radical (unpaired) electrons. The number of ketones is 1. The maximum atomic E-state index is 12.6. The van der Waals surface area contributed by atoms with E-state index in [4.69, 9.17) is 4.74 Å². The van der Waals surface area contributed by atoms with E-state index in [1.807, 2.05) is 48.5 Å². The zero-order valence-corrected chi connectivity index (χ0v) is 15.6. The molecule has 5 nitrogen and oxygen atoms in total. The molecule has 0 aliphatic heterocycles. The highest BCUT2D eigenvalue weighted by molar-refractivity contribution is 6.15. The van der Waals surface area contributed by atoms with Crippen molar-refractivity contribution in [3.05, 3.63) is 71.8 Å². The number of nitrogens with zero attached hydrogens (tertiary/aromatic N) is 2. The summed E-state index contributed by atoms with van der Waals surface area (Å²) in [4.78, 5) is 24.8. The first kappa shape index (κ1) is 19.4. The molecule has 2 aromatic carbocycles. The van der Waals surface area contributed by atoms with Crippen LogP contribution in [0.3, 0.4) is 0 Å². The molecule has 2 aromatic rings. The lowest BCUT2D eigenvalue weighted by atomic mass is 10.0. The molecule has 1 amide bonds. The van der Waals surface area contributed by atoms with Crippen LogP contribution in [0, 0.1) is 0 Å². The molecule has 0 saturated heterocycles. The number of hydrogen-bond donors (Lipinski definition) is 0. The molecule has 26 heavy (non-hydrogen) atoms. The lowest BCUT2D eigenvalue weighted by molar-refractivity contribution is 0.0302. The second-order valence-electron chi connectivity index (χ2n) is 6.88. The van der Waals surface area contributed by atoms with Gasteiger partial charge in [-0.3, -0.25) is 4.79 Å². The van der Waals surface area contributed by atoms with Crippen LogP contribution in [0.5, 0.6) is 0 Å². The molecule has 0 aliphatic rings. The highest BCUT2D eigenvalue weighted by Crippen LogP contribution is 2.13. The smallest absolute Gasteiger partial charge is 0.430 e. The largest absolute Gasteiger partial charge is 0.442 e. The zero-order chi connectivity index (χ0) is 19.2. The first-order chi connectivity index (χ1) is 12.3. The highest BCUT2D eigenvalue weighted by atomic mass is 16.6. The number of rotatable bonds is 5. The third-order valence-corrected chi connectivity index (χ3v) is 3.46. The van der Waals surface area contributed by atoms with Crippen molar-refractivity contribution >= 4 is 17.6 Å². The standard InChI is InChI=1S/C21H24N2O3/c1-21(2,3)26-20(25)23(4)22-18(16-11-7-5-8-12-16)15-19(24)17-13-9-6-10-14-17/h5-14H,15H2,1-4H3/b22-18-. The quantitative estimate of drug-likeness (QED) is 0.451. The van der Waals surface area contributed by atoms with Gasteiger partial charge in [0.25, 0.3) is 0 Å². The van der Waals surface area contributed by atoms with Gasteiger partial charge in [-0.2, -0.15) is 5.10 Å². The Balaban J connectivity index is 2.27. The van der Waals surface area contributed by atoms with Crippen LogP contribution in [-0.4, -0.2) is 35.2 Å². The number of amides is 1. The van der Waals surface area contributed by atoms with Gasteiger partial charge in [-0.15, -0.1) is 0 Å². The number of benzene rings is 2. The summed E-state index contributed by atoms with van der Waals surface area (Å²) in [5, 5.41) is 5.48. The Kier molecular flexibility index (Phi) is 6.28. The van der Waals surface area contributed by atoms with Gasteiger partial charge in [-0.25, -0.2) is 9.80 Å². The van der Waals surface area contributed by atoms with Crippen molar-refractivity contribution in [2.45, 2.75) is 32.8 Å². The lowest BCUT2D eigenvalue weighted by Crippen LogP contribution is -2.32. The summed E-state index contributed by atoms with van der Waals surface area (Å²) in [6.45, 7) is 5.37. The normalized spacial score (nSPS) is 11.8. The van der Waals surface area contributed by atoms with Crippen LogP contribution in [-0.2, 0) is 4.74 Å². The molecule has 0 atom stereocenters. The van der Waals surface area contributed by atoms with Gasteiger partial charge in [0, 0.05) is 12.6 Å². The summed E-state index contributed by atoms with van der Waals surface area (Å²) < 4.78 is 5.32. The van der Waals surface area contributed by atoms with Gasteiger partial charge in [0.2, 0.25) is 0 Å². The van der Waals surface area contributed by atoms with Crippen LogP contribution >= 0.6 is 0 Å². The Morgan fingerprint density at radius 2 is 1.42 bits per heavy atom. The van der Waals surface area contributed by atoms with Crippen molar-refractivity contribution in [2.75, 3.05) is 7.05 Å². The van der Waals surface area contributed by atoms with E-state index in [0.717, 1.165) is 10.6 Å². The minimum atomic E-state index is -0.617. The van der Waals surface area contributed by atoms with Crippen molar-refractivity contribution in [1.29, 1.82) is 0 Å². The molecule has 136 valence electrons. The first-order valence-electron chi connectivity index (χ1n) is 8.44. The minimum absolute atomic E-state index is 0.0641. The van der Waals surface area contributed by atoms with Gasteiger partial charge in [-0.1, -0.05) is 60.7 Å². The number of hydrogen-bond acceptors (Lipinski definition) is 4. The van der Waals surface area contributed by atoms with Gasteiger partial charge in [0.1, 0.15) is 5.60 Å². The van der Waals surface area contributed by atoms with E-state index in [0.29, 0.717) is 11.3 Å². The van der Waals surface area contributed by atoms with E-state index >= 15 is 0 Å². The third-order valence-electron chi connectivity index (χ3n) is 3.46. The van der Waals surface area contributed by atoms with E-state index in [9.17, 15) is 9.59 Å². The average molecular weight is 352 g/mol. The fourth-order valence-electron chi connectivity index (χ4n) is 2.25. The van der Waals surface area contributed by atoms with Crippen LogP contribution in [0.25, 0.3) is 0 Å². The van der Waals surface area contributed by atoms with Gasteiger partial charge >= 0.3 is 6.09 Å². The van der Waals surface area contributed by atoms with Crippen LogP contribution in [0.4, 0.5) is 4.79 Å². The van der Waals surface area contributed by atoms with Crippen LogP contribution in [0.15, 0.2) is 65.8 Å². The molecule has 0 saturated carbocycles. The van der Waals surface area contributed by atoms with Crippen molar-refractivity contribution in [3.63, 3.8) is 0 Å². The number of hydrazone groups is 1. The maximum Gasteiger partial charge on any atom is 0.430 e. The molecule has 0 N–H and O–H groups in total. The minimum Gasteiger partial charge on any atom is -0.442 e. The number of Topliss-reactive ketones (excluding diaryl/α,β-unsaturated/α-hetero) is 1. The fourth-order valence-corrected chi connectivity index (χ4v) is 2.25. The summed E-state index contributed by atoms with van der Waals surface area (Å²) in [6.07, 6.45) is -0.487. The monoisotopic (exact) mass is 352 g/mol. The van der Waals surface area contributed by atoms with E-state index < -0.39 is 11.7 Å². The van der Waals surface area contributed by atoms with E-state index in [-0.39, 0.29) is 12.2 Å². The summed E-state index contributed by atoms with van der Waals surface area (Å²) in [7, 11) is 1.52. The van der Waals surface area contributed by atoms with Gasteiger partial charge < -0.3 is 4.74 Å². The summed E-state index contributed by atoms with van der Waals surface area (Å²) >= 11 is 0. The van der Waals surface area contributed by atoms with Crippen LogP contribution < -0.4 is 0 Å². The van der Waals surface area contributed by atoms with Crippen LogP contribution in [0.1, 0.15) is 43.1 Å². The molecule has 2 rings (SSSR count). The summed E-state index contributed by atoms with van der Waals surface area (Å²) in [6, 6.07) is 18.4. The van der Waals surface area contributed by atoms with Crippen molar-refractivity contribution in [2.24, 2.45) is 5.10 Å². The molecule has 0 unspecified atom stereocenters. The predicted molar refractivity (Wildman–Crippen MR) is 102 cm³/mol. The Morgan fingerprint density at radius 3 is 1.92 bits per heavy atom. The van der Waals surface area contributed by atoms with E-state index in [1.54, 1.807) is 32.9 Å². The van der Waals surface area contributed by atoms with Gasteiger partial charge in [-0.05, 0) is 26.3 Å². The molecular formula is C21H24N2O3. The predicted octanol–water partition coefficient (Wildman–Crippen LogP) is 4.53. The Labute approximate surface area is 154 Å². The SMILES string of the molecule is CN(/N=C(/CC(=O)c1ccccc1)c1ccccc1)C(=O)OC(C)(C)C. The number of carbonyl (C=O) groups is 2. The molecule has 0 spiro atoms. The number of ether oxygens (including phenoxy) is 1. The Morgan fingerprint density at radius 1 is 0.923 bits per heavy atom. The highest BCUT2D eigenvalue weighted by Gasteiger charge is 2.21. The van der Waals surface area contributed by atoms with Crippen molar-refractivity contribution < 1.29 is 14.3 Å². The first-order valence-corrected chi connectivity index (χ1v) is 8.44.